The van der Waals surface area contributed by atoms with Crippen molar-refractivity contribution in [2.45, 2.75) is 37.6 Å². The Labute approximate surface area is 112 Å². The largest absolute Gasteiger partial charge is 0.386 e. The van der Waals surface area contributed by atoms with Gasteiger partial charge in [0.05, 0.1) is 10.4 Å². The predicted octanol–water partition coefficient (Wildman–Crippen LogP) is 1.52. The summed E-state index contributed by atoms with van der Waals surface area (Å²) in [6.45, 7) is 4.80. The SMILES string of the molecule is CCC(C)(NS(=O)(=O)c1cc(F)ccc1C)C(=N)N. The Hall–Kier alpha value is -1.47. The van der Waals surface area contributed by atoms with Crippen LogP contribution in [0.4, 0.5) is 4.39 Å². The molecule has 0 saturated carbocycles. The van der Waals surface area contributed by atoms with Crippen LogP contribution in [0.1, 0.15) is 25.8 Å². The van der Waals surface area contributed by atoms with E-state index >= 15 is 0 Å². The summed E-state index contributed by atoms with van der Waals surface area (Å²) >= 11 is 0. The molecule has 19 heavy (non-hydrogen) atoms. The number of amidine groups is 1. The molecule has 1 unspecified atom stereocenters. The molecule has 0 aromatic heterocycles. The predicted molar refractivity (Wildman–Crippen MR) is 72.1 cm³/mol. The highest BCUT2D eigenvalue weighted by atomic mass is 32.2. The minimum atomic E-state index is -3.94. The van der Waals surface area contributed by atoms with Crippen LogP contribution >= 0.6 is 0 Å². The molecule has 0 aliphatic heterocycles. The Bertz CT molecular complexity index is 601. The summed E-state index contributed by atoms with van der Waals surface area (Å²) in [6.07, 6.45) is 0.315. The summed E-state index contributed by atoms with van der Waals surface area (Å²) < 4.78 is 40.1. The van der Waals surface area contributed by atoms with E-state index in [2.05, 4.69) is 4.72 Å². The Morgan fingerprint density at radius 3 is 2.58 bits per heavy atom. The van der Waals surface area contributed by atoms with Gasteiger partial charge in [0.15, 0.2) is 0 Å². The molecule has 1 aromatic carbocycles. The van der Waals surface area contributed by atoms with Gasteiger partial charge in [-0.2, -0.15) is 4.72 Å². The van der Waals surface area contributed by atoms with Gasteiger partial charge in [0.25, 0.3) is 0 Å². The Morgan fingerprint density at radius 1 is 1.53 bits per heavy atom. The lowest BCUT2D eigenvalue weighted by Crippen LogP contribution is -2.54. The molecule has 0 saturated heterocycles. The third kappa shape index (κ3) is 3.30. The van der Waals surface area contributed by atoms with Gasteiger partial charge >= 0.3 is 0 Å². The lowest BCUT2D eigenvalue weighted by molar-refractivity contribution is 0.504. The topological polar surface area (TPSA) is 96.0 Å². The summed E-state index contributed by atoms with van der Waals surface area (Å²) in [6, 6.07) is 3.53. The van der Waals surface area contributed by atoms with Crippen molar-refractivity contribution in [1.29, 1.82) is 5.41 Å². The van der Waals surface area contributed by atoms with Crippen LogP contribution in [-0.4, -0.2) is 19.8 Å². The lowest BCUT2D eigenvalue weighted by atomic mass is 10.00. The smallest absolute Gasteiger partial charge is 0.241 e. The van der Waals surface area contributed by atoms with Crippen molar-refractivity contribution in [3.05, 3.63) is 29.6 Å². The fraction of sp³-hybridized carbons (Fsp3) is 0.417. The minimum Gasteiger partial charge on any atom is -0.386 e. The van der Waals surface area contributed by atoms with E-state index in [1.807, 2.05) is 0 Å². The molecule has 0 aliphatic carbocycles. The first-order valence-electron chi connectivity index (χ1n) is 5.77. The fourth-order valence-electron chi connectivity index (χ4n) is 1.53. The average molecular weight is 287 g/mol. The maximum atomic E-state index is 13.2. The van der Waals surface area contributed by atoms with Gasteiger partial charge in [-0.15, -0.1) is 0 Å². The quantitative estimate of drug-likeness (QED) is 0.566. The zero-order chi connectivity index (χ0) is 14.8. The van der Waals surface area contributed by atoms with E-state index in [1.165, 1.54) is 19.1 Å². The number of rotatable bonds is 5. The molecule has 0 aliphatic rings. The molecule has 1 aromatic rings. The highest BCUT2D eigenvalue weighted by molar-refractivity contribution is 7.89. The van der Waals surface area contributed by atoms with E-state index in [9.17, 15) is 12.8 Å². The third-order valence-corrected chi connectivity index (χ3v) is 4.84. The summed E-state index contributed by atoms with van der Waals surface area (Å²) in [4.78, 5) is -0.145. The molecule has 1 rings (SSSR count). The maximum Gasteiger partial charge on any atom is 0.241 e. The van der Waals surface area contributed by atoms with E-state index in [0.29, 0.717) is 12.0 Å². The highest BCUT2D eigenvalue weighted by Gasteiger charge is 2.32. The van der Waals surface area contributed by atoms with Crippen molar-refractivity contribution in [3.8, 4) is 0 Å². The third-order valence-electron chi connectivity index (χ3n) is 3.10. The zero-order valence-electron chi connectivity index (χ0n) is 11.1. The van der Waals surface area contributed by atoms with E-state index in [1.54, 1.807) is 13.8 Å². The summed E-state index contributed by atoms with van der Waals surface area (Å²) in [5, 5.41) is 7.46. The summed E-state index contributed by atoms with van der Waals surface area (Å²) in [5.74, 6) is -0.917. The van der Waals surface area contributed by atoms with Crippen LogP contribution in [0.2, 0.25) is 0 Å². The Kier molecular flexibility index (Phi) is 4.32. The molecular weight excluding hydrogens is 269 g/mol. The highest BCUT2D eigenvalue weighted by Crippen LogP contribution is 2.20. The zero-order valence-corrected chi connectivity index (χ0v) is 11.9. The minimum absolute atomic E-state index is 0.145. The van der Waals surface area contributed by atoms with Gasteiger partial charge in [0, 0.05) is 0 Å². The number of sulfonamides is 1. The van der Waals surface area contributed by atoms with Crippen molar-refractivity contribution in [3.63, 3.8) is 0 Å². The normalized spacial score (nSPS) is 14.9. The summed E-state index contributed by atoms with van der Waals surface area (Å²) in [5.41, 5.74) is 4.66. The first-order valence-corrected chi connectivity index (χ1v) is 7.25. The number of hydrogen-bond donors (Lipinski definition) is 3. The first kappa shape index (κ1) is 15.6. The lowest BCUT2D eigenvalue weighted by Gasteiger charge is -2.28. The van der Waals surface area contributed by atoms with Crippen molar-refractivity contribution in [1.82, 2.24) is 4.72 Å². The number of hydrogen-bond acceptors (Lipinski definition) is 3. The van der Waals surface area contributed by atoms with Gasteiger partial charge in [-0.1, -0.05) is 13.0 Å². The van der Waals surface area contributed by atoms with Gasteiger partial charge in [-0.05, 0) is 38.0 Å². The van der Waals surface area contributed by atoms with Crippen LogP contribution in [0.5, 0.6) is 0 Å². The van der Waals surface area contributed by atoms with Gasteiger partial charge in [0.2, 0.25) is 10.0 Å². The van der Waals surface area contributed by atoms with Crippen molar-refractivity contribution in [2.75, 3.05) is 0 Å². The first-order chi connectivity index (χ1) is 8.62. The second-order valence-corrected chi connectivity index (χ2v) is 6.27. The number of nitrogens with one attached hydrogen (secondary N) is 2. The van der Waals surface area contributed by atoms with Crippen molar-refractivity contribution >= 4 is 15.9 Å². The fourth-order valence-corrected chi connectivity index (χ4v) is 3.25. The molecule has 0 radical (unpaired) electrons. The Balaban J connectivity index is 3.26. The van der Waals surface area contributed by atoms with Crippen LogP contribution in [-0.2, 0) is 10.0 Å². The number of aryl methyl sites for hydroxylation is 1. The van der Waals surface area contributed by atoms with Gasteiger partial charge in [-0.25, -0.2) is 12.8 Å². The van der Waals surface area contributed by atoms with Crippen LogP contribution in [0.3, 0.4) is 0 Å². The molecule has 106 valence electrons. The molecule has 0 fully saturated rings. The van der Waals surface area contributed by atoms with E-state index in [0.717, 1.165) is 6.07 Å². The number of halogens is 1. The van der Waals surface area contributed by atoms with Crippen LogP contribution in [0, 0.1) is 18.2 Å². The van der Waals surface area contributed by atoms with E-state index < -0.39 is 21.4 Å². The molecule has 4 N–H and O–H groups in total. The van der Waals surface area contributed by atoms with Gasteiger partial charge < -0.3 is 5.73 Å². The Morgan fingerprint density at radius 2 is 2.11 bits per heavy atom. The number of nitrogens with two attached hydrogens (primary N) is 1. The molecule has 0 heterocycles. The maximum absolute atomic E-state index is 13.2. The van der Waals surface area contributed by atoms with Crippen LogP contribution in [0.25, 0.3) is 0 Å². The molecule has 5 nitrogen and oxygen atoms in total. The van der Waals surface area contributed by atoms with Crippen molar-refractivity contribution in [2.24, 2.45) is 5.73 Å². The van der Waals surface area contributed by atoms with Crippen LogP contribution in [0.15, 0.2) is 23.1 Å². The standard InChI is InChI=1S/C12H18FN3O2S/c1-4-12(3,11(14)15)16-19(17,18)10-7-9(13)6-5-8(10)2/h5-7,16H,4H2,1-3H3,(H3,14,15). The second-order valence-electron chi connectivity index (χ2n) is 4.61. The molecule has 1 atom stereocenters. The van der Waals surface area contributed by atoms with Gasteiger partial charge in [0.1, 0.15) is 11.7 Å². The van der Waals surface area contributed by atoms with E-state index in [-0.39, 0.29) is 10.7 Å². The molecular formula is C12H18FN3O2S. The number of benzene rings is 1. The monoisotopic (exact) mass is 287 g/mol. The van der Waals surface area contributed by atoms with Crippen LogP contribution < -0.4 is 10.5 Å². The second kappa shape index (κ2) is 5.26. The van der Waals surface area contributed by atoms with Gasteiger partial charge in [-0.3, -0.25) is 5.41 Å². The van der Waals surface area contributed by atoms with Crippen molar-refractivity contribution < 1.29 is 12.8 Å². The summed E-state index contributed by atoms with van der Waals surface area (Å²) in [7, 11) is -3.94. The molecule has 0 spiro atoms. The van der Waals surface area contributed by atoms with E-state index in [4.69, 9.17) is 11.1 Å². The molecule has 7 heteroatoms. The molecule has 0 amide bonds. The average Bonchev–Trinajstić information content (AvgIpc) is 2.31. The molecule has 0 bridgehead atoms.